The molecule has 0 spiro atoms. The van der Waals surface area contributed by atoms with Crippen LogP contribution in [0.2, 0.25) is 0 Å². The van der Waals surface area contributed by atoms with Gasteiger partial charge in [0.05, 0.1) is 0 Å². The second kappa shape index (κ2) is 6.66. The average Bonchev–Trinajstić information content (AvgIpc) is 2.97. The van der Waals surface area contributed by atoms with Gasteiger partial charge in [-0.25, -0.2) is 4.39 Å². The van der Waals surface area contributed by atoms with Gasteiger partial charge in [-0.15, -0.1) is 0 Å². The molecule has 0 unspecified atom stereocenters. The summed E-state index contributed by atoms with van der Waals surface area (Å²) in [5, 5.41) is 6.83. The summed E-state index contributed by atoms with van der Waals surface area (Å²) in [6, 6.07) is 13.5. The van der Waals surface area contributed by atoms with Gasteiger partial charge < -0.3 is 9.84 Å². The van der Waals surface area contributed by atoms with Crippen molar-refractivity contribution >= 4 is 11.6 Å². The van der Waals surface area contributed by atoms with E-state index in [1.807, 2.05) is 31.2 Å². The predicted molar refractivity (Wildman–Crippen MR) is 90.4 cm³/mol. The van der Waals surface area contributed by atoms with Crippen LogP contribution in [-0.2, 0) is 6.42 Å². The van der Waals surface area contributed by atoms with Gasteiger partial charge in [0.15, 0.2) is 0 Å². The third-order valence-electron chi connectivity index (χ3n) is 3.83. The first-order chi connectivity index (χ1) is 11.6. The molecule has 24 heavy (non-hydrogen) atoms. The van der Waals surface area contributed by atoms with Gasteiger partial charge in [-0.05, 0) is 37.1 Å². The molecule has 0 aliphatic heterocycles. The van der Waals surface area contributed by atoms with E-state index in [4.69, 9.17) is 4.52 Å². The number of hydrogen-bond acceptors (Lipinski definition) is 3. The number of nitrogens with zero attached hydrogens (tertiary/aromatic N) is 1. The van der Waals surface area contributed by atoms with E-state index in [2.05, 4.69) is 10.5 Å². The van der Waals surface area contributed by atoms with Crippen LogP contribution < -0.4 is 5.32 Å². The molecule has 0 radical (unpaired) electrons. The molecule has 3 rings (SSSR count). The van der Waals surface area contributed by atoms with Gasteiger partial charge in [0.2, 0.25) is 0 Å². The van der Waals surface area contributed by atoms with Crippen LogP contribution in [0.1, 0.15) is 28.6 Å². The van der Waals surface area contributed by atoms with E-state index in [0.29, 0.717) is 22.6 Å². The molecule has 0 saturated heterocycles. The van der Waals surface area contributed by atoms with Crippen molar-refractivity contribution in [3.63, 3.8) is 0 Å². The van der Waals surface area contributed by atoms with Crippen LogP contribution in [0.15, 0.2) is 53.1 Å². The summed E-state index contributed by atoms with van der Waals surface area (Å²) >= 11 is 0. The zero-order chi connectivity index (χ0) is 17.1. The van der Waals surface area contributed by atoms with E-state index >= 15 is 0 Å². The lowest BCUT2D eigenvalue weighted by molar-refractivity contribution is 0.102. The van der Waals surface area contributed by atoms with Crippen LogP contribution in [-0.4, -0.2) is 11.1 Å². The first kappa shape index (κ1) is 15.9. The molecule has 0 aliphatic carbocycles. The van der Waals surface area contributed by atoms with Crippen molar-refractivity contribution in [1.29, 1.82) is 0 Å². The standard InChI is InChI=1S/C19H17FN2O2/c1-3-13-7-4-5-10-16(13)21-19(23)17-12(2)24-22-18(17)14-8-6-9-15(20)11-14/h4-11H,3H2,1-2H3,(H,21,23). The SMILES string of the molecule is CCc1ccccc1NC(=O)c1c(-c2cccc(F)c2)noc1C. The molecule has 4 nitrogen and oxygen atoms in total. The number of hydrogen-bond donors (Lipinski definition) is 1. The molecule has 1 amide bonds. The predicted octanol–water partition coefficient (Wildman–Crippen LogP) is 4.60. The number of aromatic nitrogens is 1. The molecule has 2 aromatic carbocycles. The van der Waals surface area contributed by atoms with Crippen LogP contribution in [0.25, 0.3) is 11.3 Å². The van der Waals surface area contributed by atoms with Crippen LogP contribution in [0.4, 0.5) is 10.1 Å². The fourth-order valence-corrected chi connectivity index (χ4v) is 2.61. The Labute approximate surface area is 139 Å². The quantitative estimate of drug-likeness (QED) is 0.763. The van der Waals surface area contributed by atoms with Gasteiger partial charge in [0, 0.05) is 11.3 Å². The van der Waals surface area contributed by atoms with E-state index in [1.165, 1.54) is 12.1 Å². The second-order valence-corrected chi connectivity index (χ2v) is 5.44. The average molecular weight is 324 g/mol. The smallest absolute Gasteiger partial charge is 0.261 e. The Kier molecular flexibility index (Phi) is 4.42. The summed E-state index contributed by atoms with van der Waals surface area (Å²) in [7, 11) is 0. The molecule has 1 aromatic heterocycles. The molecule has 122 valence electrons. The van der Waals surface area contributed by atoms with E-state index in [-0.39, 0.29) is 5.91 Å². The van der Waals surface area contributed by atoms with Crippen molar-refractivity contribution in [2.45, 2.75) is 20.3 Å². The Hall–Kier alpha value is -2.95. The lowest BCUT2D eigenvalue weighted by atomic mass is 10.0. The summed E-state index contributed by atoms with van der Waals surface area (Å²) in [5.74, 6) is -0.328. The fraction of sp³-hybridized carbons (Fsp3) is 0.158. The highest BCUT2D eigenvalue weighted by atomic mass is 19.1. The molecule has 5 heteroatoms. The lowest BCUT2D eigenvalue weighted by Crippen LogP contribution is -2.14. The molecule has 0 aliphatic rings. The highest BCUT2D eigenvalue weighted by Gasteiger charge is 2.22. The number of anilines is 1. The number of halogens is 1. The summed E-state index contributed by atoms with van der Waals surface area (Å²) < 4.78 is 18.7. The van der Waals surface area contributed by atoms with Crippen molar-refractivity contribution in [2.24, 2.45) is 0 Å². The van der Waals surface area contributed by atoms with Crippen molar-refractivity contribution in [3.05, 3.63) is 71.2 Å². The van der Waals surface area contributed by atoms with Crippen molar-refractivity contribution in [1.82, 2.24) is 5.16 Å². The van der Waals surface area contributed by atoms with E-state index in [1.54, 1.807) is 19.1 Å². The maximum absolute atomic E-state index is 13.5. The molecular formula is C19H17FN2O2. The summed E-state index contributed by atoms with van der Waals surface area (Å²) in [6.45, 7) is 3.68. The topological polar surface area (TPSA) is 55.1 Å². The number of nitrogens with one attached hydrogen (secondary N) is 1. The lowest BCUT2D eigenvalue weighted by Gasteiger charge is -2.10. The molecule has 0 bridgehead atoms. The van der Waals surface area contributed by atoms with Crippen molar-refractivity contribution in [2.75, 3.05) is 5.32 Å². The Morgan fingerprint density at radius 2 is 2.00 bits per heavy atom. The minimum atomic E-state index is -0.393. The number of benzene rings is 2. The van der Waals surface area contributed by atoms with Crippen molar-refractivity contribution in [3.8, 4) is 11.3 Å². The fourth-order valence-electron chi connectivity index (χ4n) is 2.61. The van der Waals surface area contributed by atoms with Gasteiger partial charge in [-0.2, -0.15) is 0 Å². The van der Waals surface area contributed by atoms with E-state index in [9.17, 15) is 9.18 Å². The normalized spacial score (nSPS) is 10.6. The van der Waals surface area contributed by atoms with Crippen LogP contribution in [0, 0.1) is 12.7 Å². The largest absolute Gasteiger partial charge is 0.360 e. The summed E-state index contributed by atoms with van der Waals surface area (Å²) in [5.41, 5.74) is 2.92. The van der Waals surface area contributed by atoms with E-state index < -0.39 is 5.82 Å². The monoisotopic (exact) mass is 324 g/mol. The molecule has 3 aromatic rings. The Morgan fingerprint density at radius 1 is 1.21 bits per heavy atom. The van der Waals surface area contributed by atoms with Gasteiger partial charge in [0.25, 0.3) is 5.91 Å². The highest BCUT2D eigenvalue weighted by Crippen LogP contribution is 2.27. The highest BCUT2D eigenvalue weighted by molar-refractivity contribution is 6.09. The first-order valence-electron chi connectivity index (χ1n) is 7.71. The second-order valence-electron chi connectivity index (χ2n) is 5.44. The molecular weight excluding hydrogens is 307 g/mol. The number of aryl methyl sites for hydroxylation is 2. The zero-order valence-corrected chi connectivity index (χ0v) is 13.5. The summed E-state index contributed by atoms with van der Waals surface area (Å²) in [6.07, 6.45) is 0.801. The molecule has 0 saturated carbocycles. The number of para-hydroxylation sites is 1. The third-order valence-corrected chi connectivity index (χ3v) is 3.83. The Morgan fingerprint density at radius 3 is 2.75 bits per heavy atom. The van der Waals surface area contributed by atoms with Gasteiger partial charge in [-0.3, -0.25) is 4.79 Å². The number of carbonyl (C=O) groups excluding carboxylic acids is 1. The Balaban J connectivity index is 1.98. The number of carbonyl (C=O) groups is 1. The zero-order valence-electron chi connectivity index (χ0n) is 13.5. The molecule has 0 fully saturated rings. The Bertz CT molecular complexity index is 887. The van der Waals surface area contributed by atoms with Gasteiger partial charge in [-0.1, -0.05) is 42.4 Å². The molecule has 1 heterocycles. The minimum absolute atomic E-state index is 0.312. The molecule has 0 atom stereocenters. The van der Waals surface area contributed by atoms with Gasteiger partial charge >= 0.3 is 0 Å². The molecule has 1 N–H and O–H groups in total. The minimum Gasteiger partial charge on any atom is -0.360 e. The maximum Gasteiger partial charge on any atom is 0.261 e. The van der Waals surface area contributed by atoms with Crippen LogP contribution in [0.5, 0.6) is 0 Å². The van der Waals surface area contributed by atoms with Crippen molar-refractivity contribution < 1.29 is 13.7 Å². The number of rotatable bonds is 4. The van der Waals surface area contributed by atoms with E-state index in [0.717, 1.165) is 17.7 Å². The van der Waals surface area contributed by atoms with Gasteiger partial charge in [0.1, 0.15) is 22.8 Å². The number of amides is 1. The van der Waals surface area contributed by atoms with Crippen LogP contribution >= 0.6 is 0 Å². The van der Waals surface area contributed by atoms with Crippen LogP contribution in [0.3, 0.4) is 0 Å². The maximum atomic E-state index is 13.5. The summed E-state index contributed by atoms with van der Waals surface area (Å²) in [4.78, 5) is 12.7. The first-order valence-corrected chi connectivity index (χ1v) is 7.71. The third kappa shape index (κ3) is 3.06.